The van der Waals surface area contributed by atoms with Gasteiger partial charge in [0.1, 0.15) is 5.82 Å². The summed E-state index contributed by atoms with van der Waals surface area (Å²) >= 11 is 0. The number of nitrogens with two attached hydrogens (primary N) is 1. The third-order valence-electron chi connectivity index (χ3n) is 4.49. The summed E-state index contributed by atoms with van der Waals surface area (Å²) in [7, 11) is 4.32. The molecule has 2 fully saturated rings. The van der Waals surface area contributed by atoms with Gasteiger partial charge in [0.05, 0.1) is 0 Å². The molecule has 104 valence electrons. The largest absolute Gasteiger partial charge is 0.368 e. The molecule has 2 N–H and O–H groups in total. The molecule has 1 saturated carbocycles. The van der Waals surface area contributed by atoms with Crippen molar-refractivity contribution in [2.24, 2.45) is 17.8 Å². The molecule has 5 heteroatoms. The van der Waals surface area contributed by atoms with E-state index >= 15 is 0 Å². The van der Waals surface area contributed by atoms with E-state index in [1.54, 1.807) is 0 Å². The second kappa shape index (κ2) is 4.63. The number of piperidine rings is 1. The van der Waals surface area contributed by atoms with E-state index in [0.29, 0.717) is 5.95 Å². The van der Waals surface area contributed by atoms with Crippen molar-refractivity contribution < 1.29 is 0 Å². The smallest absolute Gasteiger partial charge is 0.221 e. The van der Waals surface area contributed by atoms with Crippen LogP contribution in [0.25, 0.3) is 0 Å². The van der Waals surface area contributed by atoms with Crippen LogP contribution in [0.15, 0.2) is 6.20 Å². The number of nitrogen functional groups attached to an aromatic ring is 1. The van der Waals surface area contributed by atoms with Crippen molar-refractivity contribution in [2.45, 2.75) is 13.3 Å². The summed E-state index contributed by atoms with van der Waals surface area (Å²) < 4.78 is 0. The zero-order valence-electron chi connectivity index (χ0n) is 12.0. The fourth-order valence-corrected chi connectivity index (χ4v) is 3.45. The molecule has 2 heterocycles. The molecule has 1 aliphatic heterocycles. The van der Waals surface area contributed by atoms with E-state index < -0.39 is 0 Å². The highest BCUT2D eigenvalue weighted by molar-refractivity contribution is 5.51. The van der Waals surface area contributed by atoms with Gasteiger partial charge in [-0.1, -0.05) is 6.92 Å². The van der Waals surface area contributed by atoms with Crippen molar-refractivity contribution in [3.63, 3.8) is 0 Å². The summed E-state index contributed by atoms with van der Waals surface area (Å²) in [5.41, 5.74) is 6.94. The van der Waals surface area contributed by atoms with Gasteiger partial charge >= 0.3 is 0 Å². The van der Waals surface area contributed by atoms with E-state index in [4.69, 9.17) is 5.73 Å². The normalized spacial score (nSPS) is 28.8. The number of hydrogen-bond acceptors (Lipinski definition) is 5. The van der Waals surface area contributed by atoms with Crippen molar-refractivity contribution in [3.8, 4) is 0 Å². The Morgan fingerprint density at radius 3 is 2.63 bits per heavy atom. The summed E-state index contributed by atoms with van der Waals surface area (Å²) in [5, 5.41) is 0. The molecule has 0 bridgehead atoms. The minimum absolute atomic E-state index is 0.387. The standard InChI is InChI=1S/C14H23N5/c1-4-9-5-16-14(15)17-13(9)19-7-11-10(6-18(2)3)12(11)8-19/h5,10-12H,4,6-8H2,1-3H3,(H2,15,16,17)/t10?,11-,12+. The van der Waals surface area contributed by atoms with Gasteiger partial charge in [-0.2, -0.15) is 4.98 Å². The highest BCUT2D eigenvalue weighted by Crippen LogP contribution is 2.52. The van der Waals surface area contributed by atoms with Gasteiger partial charge in [-0.25, -0.2) is 4.98 Å². The van der Waals surface area contributed by atoms with Crippen LogP contribution >= 0.6 is 0 Å². The molecule has 0 amide bonds. The third kappa shape index (κ3) is 2.27. The summed E-state index contributed by atoms with van der Waals surface area (Å²) in [4.78, 5) is 13.2. The Morgan fingerprint density at radius 2 is 2.05 bits per heavy atom. The summed E-state index contributed by atoms with van der Waals surface area (Å²) in [6.45, 7) is 5.62. The van der Waals surface area contributed by atoms with E-state index in [0.717, 1.165) is 43.1 Å². The molecule has 1 saturated heterocycles. The van der Waals surface area contributed by atoms with Crippen LogP contribution in [0.3, 0.4) is 0 Å². The molecule has 1 aromatic rings. The predicted molar refractivity (Wildman–Crippen MR) is 77.1 cm³/mol. The Kier molecular flexibility index (Phi) is 3.09. The van der Waals surface area contributed by atoms with Crippen LogP contribution in [0.4, 0.5) is 11.8 Å². The fourth-order valence-electron chi connectivity index (χ4n) is 3.45. The first-order chi connectivity index (χ1) is 9.10. The number of nitrogens with zero attached hydrogens (tertiary/aromatic N) is 4. The Labute approximate surface area is 114 Å². The van der Waals surface area contributed by atoms with Gasteiger partial charge in [-0.15, -0.1) is 0 Å². The maximum atomic E-state index is 5.73. The monoisotopic (exact) mass is 261 g/mol. The predicted octanol–water partition coefficient (Wildman–Crippen LogP) is 0.865. The van der Waals surface area contributed by atoms with E-state index in [-0.39, 0.29) is 0 Å². The second-order valence-electron chi connectivity index (χ2n) is 6.09. The molecule has 3 atom stereocenters. The zero-order chi connectivity index (χ0) is 13.6. The van der Waals surface area contributed by atoms with Crippen LogP contribution in [-0.4, -0.2) is 48.6 Å². The Balaban J connectivity index is 1.69. The summed E-state index contributed by atoms with van der Waals surface area (Å²) in [6, 6.07) is 0. The SMILES string of the molecule is CCc1cnc(N)nc1N1C[C@@H]2C(CN(C)C)[C@@H]2C1. The van der Waals surface area contributed by atoms with E-state index in [9.17, 15) is 0 Å². The second-order valence-corrected chi connectivity index (χ2v) is 6.09. The average Bonchev–Trinajstić information content (AvgIpc) is 2.84. The molecule has 5 nitrogen and oxygen atoms in total. The lowest BCUT2D eigenvalue weighted by Crippen LogP contribution is -2.29. The van der Waals surface area contributed by atoms with E-state index in [1.165, 1.54) is 12.1 Å². The van der Waals surface area contributed by atoms with Crippen molar-refractivity contribution in [3.05, 3.63) is 11.8 Å². The van der Waals surface area contributed by atoms with Crippen LogP contribution in [0, 0.1) is 17.8 Å². The number of hydrogen-bond donors (Lipinski definition) is 1. The maximum Gasteiger partial charge on any atom is 0.221 e. The first kappa shape index (κ1) is 12.7. The molecule has 0 spiro atoms. The Morgan fingerprint density at radius 1 is 1.37 bits per heavy atom. The van der Waals surface area contributed by atoms with Gasteiger partial charge in [-0.3, -0.25) is 0 Å². The van der Waals surface area contributed by atoms with Crippen molar-refractivity contribution in [2.75, 3.05) is 44.4 Å². The first-order valence-electron chi connectivity index (χ1n) is 7.11. The third-order valence-corrected chi connectivity index (χ3v) is 4.49. The topological polar surface area (TPSA) is 58.3 Å². The number of aryl methyl sites for hydroxylation is 1. The van der Waals surface area contributed by atoms with Gasteiger partial charge in [0, 0.05) is 31.4 Å². The number of fused-ring (bicyclic) bond motifs is 1. The van der Waals surface area contributed by atoms with Crippen LogP contribution in [-0.2, 0) is 6.42 Å². The molecule has 0 aromatic carbocycles. The Hall–Kier alpha value is -1.36. The number of aromatic nitrogens is 2. The minimum Gasteiger partial charge on any atom is -0.368 e. The van der Waals surface area contributed by atoms with Crippen molar-refractivity contribution in [1.29, 1.82) is 0 Å². The van der Waals surface area contributed by atoms with Gasteiger partial charge in [0.15, 0.2) is 0 Å². The maximum absolute atomic E-state index is 5.73. The van der Waals surface area contributed by atoms with Crippen LogP contribution in [0.5, 0.6) is 0 Å². The lowest BCUT2D eigenvalue weighted by atomic mass is 10.2. The van der Waals surface area contributed by atoms with Gasteiger partial charge in [0.25, 0.3) is 0 Å². The summed E-state index contributed by atoms with van der Waals surface area (Å²) in [6.07, 6.45) is 2.83. The van der Waals surface area contributed by atoms with Gasteiger partial charge < -0.3 is 15.5 Å². The first-order valence-corrected chi connectivity index (χ1v) is 7.11. The summed E-state index contributed by atoms with van der Waals surface area (Å²) in [5.74, 6) is 4.03. The van der Waals surface area contributed by atoms with Crippen LogP contribution in [0.1, 0.15) is 12.5 Å². The van der Waals surface area contributed by atoms with Crippen LogP contribution in [0.2, 0.25) is 0 Å². The molecule has 3 rings (SSSR count). The van der Waals surface area contributed by atoms with Crippen molar-refractivity contribution in [1.82, 2.24) is 14.9 Å². The van der Waals surface area contributed by atoms with Gasteiger partial charge in [0.2, 0.25) is 5.95 Å². The molecular weight excluding hydrogens is 238 g/mol. The zero-order valence-corrected chi connectivity index (χ0v) is 12.0. The Bertz CT molecular complexity index is 461. The van der Waals surface area contributed by atoms with Crippen molar-refractivity contribution >= 4 is 11.8 Å². The fraction of sp³-hybridized carbons (Fsp3) is 0.714. The molecule has 1 aliphatic carbocycles. The molecular formula is C14H23N5. The number of rotatable bonds is 4. The average molecular weight is 261 g/mol. The number of anilines is 2. The molecule has 1 aromatic heterocycles. The van der Waals surface area contributed by atoms with E-state index in [1.807, 2.05) is 6.20 Å². The highest BCUT2D eigenvalue weighted by atomic mass is 15.3. The minimum atomic E-state index is 0.387. The lowest BCUT2D eigenvalue weighted by Gasteiger charge is -2.24. The molecule has 19 heavy (non-hydrogen) atoms. The molecule has 1 unspecified atom stereocenters. The molecule has 2 aliphatic rings. The van der Waals surface area contributed by atoms with E-state index in [2.05, 4.69) is 40.8 Å². The van der Waals surface area contributed by atoms with Gasteiger partial charge in [-0.05, 0) is 38.3 Å². The quantitative estimate of drug-likeness (QED) is 0.871. The lowest BCUT2D eigenvalue weighted by molar-refractivity contribution is 0.366. The highest BCUT2D eigenvalue weighted by Gasteiger charge is 2.55. The molecule has 0 radical (unpaired) electrons. The van der Waals surface area contributed by atoms with Crippen LogP contribution < -0.4 is 10.6 Å².